The number of hydrogen-bond donors (Lipinski definition) is 1. The monoisotopic (exact) mass is 374 g/mol. The summed E-state index contributed by atoms with van der Waals surface area (Å²) in [6.45, 7) is -0.336. The molecule has 5 rings (SSSR count). The Balaban J connectivity index is 1.62. The lowest BCUT2D eigenvalue weighted by Crippen LogP contribution is -1.95. The fourth-order valence-electron chi connectivity index (χ4n) is 3.37. The fraction of sp³-hybridized carbons (Fsp3) is 0.0455. The van der Waals surface area contributed by atoms with E-state index in [9.17, 15) is 9.50 Å². The van der Waals surface area contributed by atoms with Gasteiger partial charge in [0.2, 0.25) is 0 Å². The summed E-state index contributed by atoms with van der Waals surface area (Å²) < 4.78 is 17.2. The van der Waals surface area contributed by atoms with Crippen molar-refractivity contribution < 1.29 is 9.50 Å². The van der Waals surface area contributed by atoms with Crippen molar-refractivity contribution in [3.63, 3.8) is 0 Å². The molecule has 0 fully saturated rings. The number of nitrogens with zero attached hydrogens (tertiary/aromatic N) is 2. The molecule has 0 saturated heterocycles. The second-order valence-corrected chi connectivity index (χ2v) is 7.47. The number of hydrogen-bond acceptors (Lipinski definition) is 3. The summed E-state index contributed by atoms with van der Waals surface area (Å²) in [6, 6.07) is 19.1. The molecule has 0 aliphatic heterocycles. The van der Waals surface area contributed by atoms with E-state index in [0.717, 1.165) is 21.8 Å². The maximum Gasteiger partial charge on any atom is 0.137 e. The van der Waals surface area contributed by atoms with Crippen LogP contribution < -0.4 is 0 Å². The Morgan fingerprint density at radius 3 is 2.74 bits per heavy atom. The molecule has 2 aromatic carbocycles. The van der Waals surface area contributed by atoms with Gasteiger partial charge in [-0.1, -0.05) is 30.3 Å². The number of aromatic nitrogens is 2. The predicted molar refractivity (Wildman–Crippen MR) is 107 cm³/mol. The van der Waals surface area contributed by atoms with Crippen molar-refractivity contribution >= 4 is 27.1 Å². The van der Waals surface area contributed by atoms with E-state index >= 15 is 0 Å². The molecule has 5 aromatic rings. The van der Waals surface area contributed by atoms with Gasteiger partial charge in [0.25, 0.3) is 0 Å². The number of aliphatic hydroxyl groups is 1. The molecule has 3 nitrogen and oxygen atoms in total. The summed E-state index contributed by atoms with van der Waals surface area (Å²) >= 11 is 1.72. The second-order valence-electron chi connectivity index (χ2n) is 6.38. The molecular formula is C22H15FN2OS. The van der Waals surface area contributed by atoms with Crippen molar-refractivity contribution in [3.05, 3.63) is 84.4 Å². The Labute approximate surface area is 159 Å². The van der Waals surface area contributed by atoms with Gasteiger partial charge in [-0.25, -0.2) is 9.37 Å². The van der Waals surface area contributed by atoms with E-state index in [1.54, 1.807) is 17.4 Å². The number of rotatable bonds is 3. The van der Waals surface area contributed by atoms with Gasteiger partial charge in [0.05, 0.1) is 17.2 Å². The van der Waals surface area contributed by atoms with Crippen LogP contribution in [-0.2, 0) is 6.61 Å². The molecule has 3 aromatic heterocycles. The first-order chi connectivity index (χ1) is 13.2. The van der Waals surface area contributed by atoms with Crippen LogP contribution in [0.3, 0.4) is 0 Å². The number of pyridine rings is 1. The minimum atomic E-state index is -0.397. The average molecular weight is 374 g/mol. The third kappa shape index (κ3) is 2.72. The van der Waals surface area contributed by atoms with Gasteiger partial charge in [0.1, 0.15) is 11.5 Å². The summed E-state index contributed by atoms with van der Waals surface area (Å²) in [5, 5.41) is 10.7. The van der Waals surface area contributed by atoms with Crippen molar-refractivity contribution in [2.75, 3.05) is 0 Å². The maximum atomic E-state index is 14.0. The number of aliphatic hydroxyl groups excluding tert-OH is 1. The normalized spacial score (nSPS) is 11.5. The van der Waals surface area contributed by atoms with E-state index in [0.29, 0.717) is 11.1 Å². The van der Waals surface area contributed by atoms with Crippen LogP contribution >= 0.6 is 11.3 Å². The Hall–Kier alpha value is -3.02. The first-order valence-corrected chi connectivity index (χ1v) is 9.41. The Kier molecular flexibility index (Phi) is 3.77. The van der Waals surface area contributed by atoms with E-state index in [2.05, 4.69) is 18.2 Å². The average Bonchev–Trinajstić information content (AvgIpc) is 3.31. The van der Waals surface area contributed by atoms with Crippen molar-refractivity contribution in [1.29, 1.82) is 0 Å². The third-order valence-corrected chi connectivity index (χ3v) is 5.86. The lowest BCUT2D eigenvalue weighted by molar-refractivity contribution is 0.276. The van der Waals surface area contributed by atoms with Gasteiger partial charge in [-0.3, -0.25) is 0 Å². The number of imidazole rings is 1. The van der Waals surface area contributed by atoms with Gasteiger partial charge in [-0.2, -0.15) is 0 Å². The van der Waals surface area contributed by atoms with Crippen molar-refractivity contribution in [1.82, 2.24) is 9.38 Å². The van der Waals surface area contributed by atoms with Gasteiger partial charge in [0, 0.05) is 22.7 Å². The molecule has 0 saturated carbocycles. The zero-order chi connectivity index (χ0) is 18.4. The lowest BCUT2D eigenvalue weighted by Gasteiger charge is -2.09. The second kappa shape index (κ2) is 6.30. The molecule has 0 atom stereocenters. The molecule has 1 N–H and O–H groups in total. The number of halogens is 1. The van der Waals surface area contributed by atoms with Crippen LogP contribution in [0.25, 0.3) is 37.4 Å². The summed E-state index contributed by atoms with van der Waals surface area (Å²) in [5.74, 6) is -0.397. The SMILES string of the molecule is OCc1c(F)cccc1-c1ccc2nc(-c3cc4ccccc4s3)cn2c1. The number of fused-ring (bicyclic) bond motifs is 2. The third-order valence-electron chi connectivity index (χ3n) is 4.72. The van der Waals surface area contributed by atoms with Crippen LogP contribution in [0.4, 0.5) is 4.39 Å². The first-order valence-electron chi connectivity index (χ1n) is 8.59. The molecule has 0 bridgehead atoms. The molecule has 0 radical (unpaired) electrons. The standard InChI is InChI=1S/C22H15FN2OS/c23-18-6-3-5-16(17(18)13-26)15-8-9-22-24-19(12-25(22)11-15)21-10-14-4-1-2-7-20(14)27-21/h1-12,26H,13H2. The molecule has 0 unspecified atom stereocenters. The molecule has 3 heterocycles. The molecule has 0 aliphatic rings. The van der Waals surface area contributed by atoms with Crippen LogP contribution in [-0.4, -0.2) is 14.5 Å². The van der Waals surface area contributed by atoms with Gasteiger partial charge in [-0.15, -0.1) is 11.3 Å². The maximum absolute atomic E-state index is 14.0. The zero-order valence-electron chi connectivity index (χ0n) is 14.3. The largest absolute Gasteiger partial charge is 0.392 e. The Bertz CT molecular complexity index is 1260. The molecule has 0 aliphatic carbocycles. The van der Waals surface area contributed by atoms with E-state index in [4.69, 9.17) is 4.98 Å². The molecule has 0 spiro atoms. The molecule has 132 valence electrons. The lowest BCUT2D eigenvalue weighted by atomic mass is 10.0. The fourth-order valence-corrected chi connectivity index (χ4v) is 4.38. The van der Waals surface area contributed by atoms with Crippen molar-refractivity contribution in [2.24, 2.45) is 0 Å². The van der Waals surface area contributed by atoms with Crippen molar-refractivity contribution in [3.8, 4) is 21.7 Å². The predicted octanol–water partition coefficient (Wildman–Crippen LogP) is 5.51. The Morgan fingerprint density at radius 2 is 1.89 bits per heavy atom. The van der Waals surface area contributed by atoms with Crippen LogP contribution in [0.2, 0.25) is 0 Å². The number of benzene rings is 2. The van der Waals surface area contributed by atoms with Gasteiger partial charge in [-0.05, 0) is 46.8 Å². The smallest absolute Gasteiger partial charge is 0.137 e. The minimum absolute atomic E-state index is 0.307. The highest BCUT2D eigenvalue weighted by Crippen LogP contribution is 2.33. The molecule has 0 amide bonds. The highest BCUT2D eigenvalue weighted by molar-refractivity contribution is 7.22. The highest BCUT2D eigenvalue weighted by Gasteiger charge is 2.12. The Morgan fingerprint density at radius 1 is 1.00 bits per heavy atom. The van der Waals surface area contributed by atoms with E-state index in [1.165, 1.54) is 16.2 Å². The highest BCUT2D eigenvalue weighted by atomic mass is 32.1. The molecular weight excluding hydrogens is 359 g/mol. The van der Waals surface area contributed by atoms with Gasteiger partial charge >= 0.3 is 0 Å². The van der Waals surface area contributed by atoms with Crippen LogP contribution in [0.1, 0.15) is 5.56 Å². The summed E-state index contributed by atoms with van der Waals surface area (Å²) in [4.78, 5) is 5.84. The number of thiophene rings is 1. The van der Waals surface area contributed by atoms with E-state index in [-0.39, 0.29) is 6.61 Å². The van der Waals surface area contributed by atoms with Gasteiger partial charge in [0.15, 0.2) is 0 Å². The molecule has 27 heavy (non-hydrogen) atoms. The topological polar surface area (TPSA) is 37.5 Å². The quantitative estimate of drug-likeness (QED) is 0.452. The van der Waals surface area contributed by atoms with Crippen LogP contribution in [0, 0.1) is 5.82 Å². The van der Waals surface area contributed by atoms with Crippen LogP contribution in [0.15, 0.2) is 73.1 Å². The van der Waals surface area contributed by atoms with Crippen molar-refractivity contribution in [2.45, 2.75) is 6.61 Å². The van der Waals surface area contributed by atoms with Crippen LogP contribution in [0.5, 0.6) is 0 Å². The zero-order valence-corrected chi connectivity index (χ0v) is 15.1. The first kappa shape index (κ1) is 16.2. The van der Waals surface area contributed by atoms with E-state index < -0.39 is 5.82 Å². The van der Waals surface area contributed by atoms with E-state index in [1.807, 2.05) is 47.1 Å². The molecule has 5 heteroatoms. The summed E-state index contributed by atoms with van der Waals surface area (Å²) in [6.07, 6.45) is 3.91. The minimum Gasteiger partial charge on any atom is -0.392 e. The summed E-state index contributed by atoms with van der Waals surface area (Å²) in [5.41, 5.74) is 3.58. The summed E-state index contributed by atoms with van der Waals surface area (Å²) in [7, 11) is 0. The van der Waals surface area contributed by atoms with Gasteiger partial charge < -0.3 is 9.51 Å².